The smallest absolute Gasteiger partial charge is 0.0352 e. The molecule has 2 unspecified atom stereocenters. The number of aliphatic hydroxyl groups is 1. The molecule has 2 heteroatoms. The second kappa shape index (κ2) is 41.0. The lowest BCUT2D eigenvalue weighted by molar-refractivity contribution is 0.238. The fraction of sp³-hybridized carbons (Fsp3) is 0.538. The molecular weight excluding hydrogens is 655 g/mol. The van der Waals surface area contributed by atoms with Crippen LogP contribution in [0.3, 0.4) is 0 Å². The summed E-state index contributed by atoms with van der Waals surface area (Å²) in [7, 11) is 5.13. The lowest BCUT2D eigenvalue weighted by atomic mass is 9.93. The number of allylic oxidation sites excluding steroid dienone is 5. The molecule has 312 valence electrons. The van der Waals surface area contributed by atoms with Crippen molar-refractivity contribution in [2.24, 2.45) is 11.3 Å². The molecule has 0 heterocycles. The van der Waals surface area contributed by atoms with Crippen molar-refractivity contribution >= 4 is 0 Å². The third kappa shape index (κ3) is 43.2. The Balaban J connectivity index is -0.000000132. The molecule has 0 radical (unpaired) electrons. The van der Waals surface area contributed by atoms with E-state index in [1.165, 1.54) is 59.1 Å². The van der Waals surface area contributed by atoms with Crippen LogP contribution in [-0.2, 0) is 12.8 Å². The topological polar surface area (TPSA) is 23.5 Å². The van der Waals surface area contributed by atoms with E-state index in [1.54, 1.807) is 6.08 Å². The Morgan fingerprint density at radius 3 is 1.44 bits per heavy atom. The predicted octanol–water partition coefficient (Wildman–Crippen LogP) is 16.1. The molecule has 0 spiro atoms. The van der Waals surface area contributed by atoms with Gasteiger partial charge in [0.2, 0.25) is 0 Å². The Labute approximate surface area is 341 Å². The molecule has 1 N–H and O–H groups in total. The first-order chi connectivity index (χ1) is 25.1. The molecule has 0 amide bonds. The van der Waals surface area contributed by atoms with Gasteiger partial charge >= 0.3 is 0 Å². The first-order valence-corrected chi connectivity index (χ1v) is 19.9. The zero-order valence-electron chi connectivity index (χ0n) is 39.5. The maximum absolute atomic E-state index is 7.00. The summed E-state index contributed by atoms with van der Waals surface area (Å²) in [6.45, 7) is 53.1. The minimum absolute atomic E-state index is 0.139. The van der Waals surface area contributed by atoms with E-state index in [0.29, 0.717) is 17.3 Å². The van der Waals surface area contributed by atoms with Gasteiger partial charge in [0.15, 0.2) is 0 Å². The number of hydrogen-bond donors (Lipinski definition) is 1. The lowest BCUT2D eigenvalue weighted by Crippen LogP contribution is -2.38. The van der Waals surface area contributed by atoms with Crippen molar-refractivity contribution in [3.05, 3.63) is 146 Å². The van der Waals surface area contributed by atoms with E-state index in [9.17, 15) is 0 Å². The number of nitrogens with zero attached hydrogens (tertiary/aromatic N) is 1. The number of likely N-dealkylation sites (N-methyl/N-ethyl adjacent to an activating group) is 1. The van der Waals surface area contributed by atoms with Crippen molar-refractivity contribution in [1.29, 1.82) is 0 Å². The van der Waals surface area contributed by atoms with Gasteiger partial charge in [-0.3, -0.25) is 0 Å². The summed E-state index contributed by atoms with van der Waals surface area (Å²) < 4.78 is 0. The summed E-state index contributed by atoms with van der Waals surface area (Å²) in [5.74, 6) is 1.37. The molecule has 0 aliphatic rings. The fourth-order valence-corrected chi connectivity index (χ4v) is 3.64. The van der Waals surface area contributed by atoms with E-state index in [2.05, 4.69) is 209 Å². The van der Waals surface area contributed by atoms with Gasteiger partial charge in [0.1, 0.15) is 0 Å². The van der Waals surface area contributed by atoms with E-state index in [4.69, 9.17) is 5.11 Å². The summed E-state index contributed by atoms with van der Waals surface area (Å²) in [6.07, 6.45) is 13.0. The molecule has 2 atom stereocenters. The molecule has 2 aromatic carbocycles. The highest BCUT2D eigenvalue weighted by Crippen LogP contribution is 2.20. The Hall–Kier alpha value is -3.20. The SMILES string of the molecule is C=C.C=C(C)C(C)(C)N(C)C.C=C(C)C(C)CCCc1ccccc1.C=CC.C=CCC(C)(C)C.CC=C(C)C.CCc1ccc(C(C)CC)cc1.CO. The third-order valence-corrected chi connectivity index (χ3v) is 8.85. The normalized spacial score (nSPS) is 10.7. The highest BCUT2D eigenvalue weighted by atomic mass is 16.2. The van der Waals surface area contributed by atoms with Crippen LogP contribution in [0.15, 0.2) is 129 Å². The second-order valence-electron chi connectivity index (χ2n) is 15.6. The van der Waals surface area contributed by atoms with Crippen LogP contribution in [-0.4, -0.2) is 36.8 Å². The monoisotopic (exact) mass is 748 g/mol. The van der Waals surface area contributed by atoms with Crippen molar-refractivity contribution in [3.63, 3.8) is 0 Å². The van der Waals surface area contributed by atoms with Crippen molar-refractivity contribution < 1.29 is 5.11 Å². The van der Waals surface area contributed by atoms with Gasteiger partial charge in [-0.15, -0.1) is 26.3 Å². The molecule has 2 nitrogen and oxygen atoms in total. The maximum Gasteiger partial charge on any atom is 0.0352 e. The average Bonchev–Trinajstić information content (AvgIpc) is 3.14. The van der Waals surface area contributed by atoms with Crippen molar-refractivity contribution in [3.8, 4) is 0 Å². The molecule has 0 bridgehead atoms. The van der Waals surface area contributed by atoms with Crippen LogP contribution < -0.4 is 0 Å². The maximum atomic E-state index is 7.00. The summed E-state index contributed by atoms with van der Waals surface area (Å²) in [6, 6.07) is 19.7. The van der Waals surface area contributed by atoms with E-state index in [1.807, 2.05) is 19.9 Å². The molecule has 54 heavy (non-hydrogen) atoms. The zero-order valence-corrected chi connectivity index (χ0v) is 39.5. The Morgan fingerprint density at radius 2 is 1.20 bits per heavy atom. The van der Waals surface area contributed by atoms with Crippen molar-refractivity contribution in [1.82, 2.24) is 4.90 Å². The summed E-state index contributed by atoms with van der Waals surface area (Å²) in [4.78, 5) is 2.16. The lowest BCUT2D eigenvalue weighted by Gasteiger charge is -2.32. The van der Waals surface area contributed by atoms with E-state index in [-0.39, 0.29) is 5.54 Å². The molecular formula is C52H93NO. The van der Waals surface area contributed by atoms with Crippen LogP contribution in [0.2, 0.25) is 0 Å². The molecule has 0 fully saturated rings. The van der Waals surface area contributed by atoms with E-state index >= 15 is 0 Å². The number of benzene rings is 2. The quantitative estimate of drug-likeness (QED) is 0.231. The number of hydrogen-bond acceptors (Lipinski definition) is 2. The van der Waals surface area contributed by atoms with Crippen LogP contribution >= 0.6 is 0 Å². The first kappa shape index (κ1) is 62.8. The third-order valence-electron chi connectivity index (χ3n) is 8.85. The Bertz CT molecular complexity index is 1160. The van der Waals surface area contributed by atoms with Gasteiger partial charge in [-0.1, -0.05) is 151 Å². The van der Waals surface area contributed by atoms with Gasteiger partial charge in [-0.05, 0) is 142 Å². The average molecular weight is 748 g/mol. The summed E-state index contributed by atoms with van der Waals surface area (Å²) in [5.41, 5.74) is 8.80. The van der Waals surface area contributed by atoms with Gasteiger partial charge < -0.3 is 10.0 Å². The predicted molar refractivity (Wildman–Crippen MR) is 255 cm³/mol. The fourth-order valence-electron chi connectivity index (χ4n) is 3.64. The molecule has 0 aliphatic carbocycles. The highest BCUT2D eigenvalue weighted by molar-refractivity contribution is 5.24. The minimum Gasteiger partial charge on any atom is -0.400 e. The second-order valence-corrected chi connectivity index (χ2v) is 15.6. The van der Waals surface area contributed by atoms with Crippen molar-refractivity contribution in [2.75, 3.05) is 21.2 Å². The minimum atomic E-state index is 0.139. The molecule has 0 saturated carbocycles. The van der Waals surface area contributed by atoms with E-state index < -0.39 is 0 Å². The number of aliphatic hydroxyl groups excluding tert-OH is 1. The van der Waals surface area contributed by atoms with E-state index in [0.717, 1.165) is 20.0 Å². The van der Waals surface area contributed by atoms with Crippen LogP contribution in [0, 0.1) is 11.3 Å². The molecule has 2 rings (SSSR count). The highest BCUT2D eigenvalue weighted by Gasteiger charge is 2.20. The zero-order chi connectivity index (χ0) is 43.9. The van der Waals surface area contributed by atoms with Crippen LogP contribution in [0.5, 0.6) is 0 Å². The standard InChI is InChI=1S/C14H20.C12H18.C8H17N.C7H14.C5H10.C3H6.C2H4.CH4O/c1-12(2)13(3)8-7-11-14-9-5-4-6-10-14;1-4-10(3)12-8-6-11(5-2)7-9-12;1-7(2)8(3,4)9(5)6;1-5-6-7(2,3)4;1-4-5(2)3;1-3-2;2*1-2/h4-6,9-10,13H,1,7-8,11H2,2-3H3;6-10H,4-5H2,1-3H3;1H2,2-6H3;5H,1,6H2,2-4H3;4H,1-3H3;3H,1H2,2H3;1-2H2;2H,1H3. The number of aryl methyl sites for hydroxylation is 2. The van der Waals surface area contributed by atoms with Gasteiger partial charge in [0.05, 0.1) is 0 Å². The molecule has 0 aromatic heterocycles. The van der Waals surface area contributed by atoms with Gasteiger partial charge in [0.25, 0.3) is 0 Å². The Morgan fingerprint density at radius 1 is 0.778 bits per heavy atom. The van der Waals surface area contributed by atoms with Gasteiger partial charge in [-0.25, -0.2) is 0 Å². The molecule has 0 aliphatic heterocycles. The summed E-state index contributed by atoms with van der Waals surface area (Å²) >= 11 is 0. The Kier molecular flexibility index (Phi) is 47.6. The first-order valence-electron chi connectivity index (χ1n) is 19.9. The van der Waals surface area contributed by atoms with Crippen molar-refractivity contribution in [2.45, 2.75) is 154 Å². The van der Waals surface area contributed by atoms with Crippen LogP contribution in [0.4, 0.5) is 0 Å². The molecule has 0 saturated heterocycles. The van der Waals surface area contributed by atoms with Crippen LogP contribution in [0.25, 0.3) is 0 Å². The molecule has 2 aromatic rings. The summed E-state index contributed by atoms with van der Waals surface area (Å²) in [5, 5.41) is 7.00. The van der Waals surface area contributed by atoms with Gasteiger partial charge in [-0.2, -0.15) is 0 Å². The van der Waals surface area contributed by atoms with Crippen LogP contribution in [0.1, 0.15) is 152 Å². The number of rotatable bonds is 11. The largest absolute Gasteiger partial charge is 0.400 e. The van der Waals surface area contributed by atoms with Gasteiger partial charge in [0, 0.05) is 12.6 Å².